The van der Waals surface area contributed by atoms with Crippen LogP contribution in [0.25, 0.3) is 0 Å². The molecule has 0 bridgehead atoms. The van der Waals surface area contributed by atoms with Crippen LogP contribution in [0.15, 0.2) is 47.8 Å². The summed E-state index contributed by atoms with van der Waals surface area (Å²) >= 11 is 6.29. The number of sulfonamides is 1. The highest BCUT2D eigenvalue weighted by molar-refractivity contribution is 7.88. The lowest BCUT2D eigenvalue weighted by atomic mass is 10.1. The van der Waals surface area contributed by atoms with Crippen molar-refractivity contribution in [3.63, 3.8) is 0 Å². The molecule has 12 nitrogen and oxygen atoms in total. The van der Waals surface area contributed by atoms with Gasteiger partial charge in [0.15, 0.2) is 5.82 Å². The summed E-state index contributed by atoms with van der Waals surface area (Å²) in [6.45, 7) is 1.48. The summed E-state index contributed by atoms with van der Waals surface area (Å²) in [5.74, 6) is 0.740. The summed E-state index contributed by atoms with van der Waals surface area (Å²) in [6.07, 6.45) is 9.63. The first kappa shape index (κ1) is 27.5. The Morgan fingerprint density at radius 3 is 2.82 bits per heavy atom. The average Bonchev–Trinajstić information content (AvgIpc) is 3.52. The van der Waals surface area contributed by atoms with Gasteiger partial charge >= 0.3 is 0 Å². The zero-order chi connectivity index (χ0) is 27.1. The van der Waals surface area contributed by atoms with Crippen LogP contribution in [0.5, 0.6) is 0 Å². The Balaban J connectivity index is 1.35. The number of aliphatic imine (C=N–C) groups is 1. The number of nitrogens with one attached hydrogen (secondary N) is 3. The van der Waals surface area contributed by atoms with Gasteiger partial charge in [0.25, 0.3) is 0 Å². The molecule has 1 aliphatic heterocycles. The second kappa shape index (κ2) is 12.3. The first-order chi connectivity index (χ1) is 18.2. The molecule has 2 aromatic heterocycles. The molecular weight excluding hydrogens is 530 g/mol. The maximum atomic E-state index is 12.7. The fraction of sp³-hybridized carbons (Fsp3) is 0.375. The number of aromatic nitrogens is 4. The quantitative estimate of drug-likeness (QED) is 0.304. The second-order valence-electron chi connectivity index (χ2n) is 8.91. The van der Waals surface area contributed by atoms with E-state index in [0.717, 1.165) is 36.8 Å². The van der Waals surface area contributed by atoms with Gasteiger partial charge in [-0.3, -0.25) is 14.5 Å². The molecule has 0 aliphatic carbocycles. The molecule has 202 valence electrons. The number of hydrogen-bond donors (Lipinski definition) is 3. The van der Waals surface area contributed by atoms with Gasteiger partial charge in [-0.05, 0) is 24.0 Å². The summed E-state index contributed by atoms with van der Waals surface area (Å²) in [5, 5.41) is 10.9. The summed E-state index contributed by atoms with van der Waals surface area (Å²) in [6, 6.07) is 7.56. The Hall–Kier alpha value is -3.55. The molecule has 1 atom stereocenters. The van der Waals surface area contributed by atoms with Gasteiger partial charge in [0.2, 0.25) is 21.9 Å². The fourth-order valence-electron chi connectivity index (χ4n) is 4.10. The van der Waals surface area contributed by atoms with Gasteiger partial charge in [0.1, 0.15) is 11.6 Å². The van der Waals surface area contributed by atoms with Crippen LogP contribution in [0.3, 0.4) is 0 Å². The number of anilines is 3. The number of amides is 1. The van der Waals surface area contributed by atoms with Gasteiger partial charge in [-0.15, -0.1) is 0 Å². The predicted octanol–water partition coefficient (Wildman–Crippen LogP) is 2.42. The number of nitrogens with zero attached hydrogens (tertiary/aromatic N) is 6. The van der Waals surface area contributed by atoms with Crippen molar-refractivity contribution in [2.75, 3.05) is 30.5 Å². The molecule has 1 saturated heterocycles. The molecule has 3 heterocycles. The summed E-state index contributed by atoms with van der Waals surface area (Å²) in [5.41, 5.74) is 2.39. The van der Waals surface area contributed by atoms with Gasteiger partial charge in [-0.25, -0.2) is 18.1 Å². The molecule has 1 aromatic carbocycles. The SMILES string of the molecule is C/N=C/[C@H]1CCCN1C(=O)Cn1cc(Nc2ncc(Cl)c(NCc3cccc(CNS(C)(=O)=O)c3)n2)cn1. The molecule has 38 heavy (non-hydrogen) atoms. The largest absolute Gasteiger partial charge is 0.365 e. The fourth-order valence-corrected chi connectivity index (χ4v) is 4.69. The van der Waals surface area contributed by atoms with E-state index in [9.17, 15) is 13.2 Å². The number of carbonyl (C=O) groups is 1. The lowest BCUT2D eigenvalue weighted by Crippen LogP contribution is -2.38. The minimum Gasteiger partial charge on any atom is -0.365 e. The van der Waals surface area contributed by atoms with Gasteiger partial charge in [-0.2, -0.15) is 10.1 Å². The third-order valence-corrected chi connectivity index (χ3v) is 6.81. The number of carbonyl (C=O) groups excluding carboxylic acids is 1. The zero-order valence-electron chi connectivity index (χ0n) is 21.1. The third-order valence-electron chi connectivity index (χ3n) is 5.86. The monoisotopic (exact) mass is 559 g/mol. The van der Waals surface area contributed by atoms with Crippen LogP contribution >= 0.6 is 11.6 Å². The van der Waals surface area contributed by atoms with Crippen molar-refractivity contribution in [3.05, 3.63) is 59.0 Å². The lowest BCUT2D eigenvalue weighted by molar-refractivity contribution is -0.131. The van der Waals surface area contributed by atoms with Crippen molar-refractivity contribution in [1.29, 1.82) is 0 Å². The Morgan fingerprint density at radius 2 is 2.05 bits per heavy atom. The van der Waals surface area contributed by atoms with E-state index >= 15 is 0 Å². The molecular formula is C24H30ClN9O3S. The van der Waals surface area contributed by atoms with Crippen LogP contribution < -0.4 is 15.4 Å². The van der Waals surface area contributed by atoms with Crippen LogP contribution in [0, 0.1) is 0 Å². The van der Waals surface area contributed by atoms with Crippen molar-refractivity contribution in [3.8, 4) is 0 Å². The lowest BCUT2D eigenvalue weighted by Gasteiger charge is -2.21. The molecule has 1 fully saturated rings. The summed E-state index contributed by atoms with van der Waals surface area (Å²) in [4.78, 5) is 27.3. The van der Waals surface area contributed by atoms with E-state index < -0.39 is 10.0 Å². The number of halogens is 1. The molecule has 0 spiro atoms. The number of likely N-dealkylation sites (tertiary alicyclic amines) is 1. The molecule has 0 radical (unpaired) electrons. The number of rotatable bonds is 11. The third kappa shape index (κ3) is 7.73. The van der Waals surface area contributed by atoms with E-state index in [1.807, 2.05) is 35.4 Å². The maximum Gasteiger partial charge on any atom is 0.244 e. The summed E-state index contributed by atoms with van der Waals surface area (Å²) in [7, 11) is -1.56. The van der Waals surface area contributed by atoms with E-state index in [1.165, 1.54) is 6.20 Å². The van der Waals surface area contributed by atoms with Gasteiger partial charge in [0.05, 0.1) is 30.4 Å². The Morgan fingerprint density at radius 1 is 1.26 bits per heavy atom. The molecule has 1 amide bonds. The molecule has 0 saturated carbocycles. The van der Waals surface area contributed by atoms with Crippen molar-refractivity contribution < 1.29 is 13.2 Å². The van der Waals surface area contributed by atoms with Crippen LogP contribution in [0.4, 0.5) is 17.5 Å². The Kier molecular flexibility index (Phi) is 8.92. The van der Waals surface area contributed by atoms with E-state index in [2.05, 4.69) is 35.4 Å². The topological polar surface area (TPSA) is 146 Å². The van der Waals surface area contributed by atoms with Crippen molar-refractivity contribution in [1.82, 2.24) is 29.4 Å². The van der Waals surface area contributed by atoms with E-state index in [4.69, 9.17) is 11.6 Å². The van der Waals surface area contributed by atoms with Crippen molar-refractivity contribution in [2.45, 2.75) is 38.5 Å². The number of hydrogen-bond acceptors (Lipinski definition) is 9. The van der Waals surface area contributed by atoms with Crippen LogP contribution in [-0.4, -0.2) is 71.1 Å². The smallest absolute Gasteiger partial charge is 0.244 e. The Labute approximate surface area is 226 Å². The maximum absolute atomic E-state index is 12.7. The molecule has 3 N–H and O–H groups in total. The van der Waals surface area contributed by atoms with Crippen molar-refractivity contribution >= 4 is 51.2 Å². The minimum atomic E-state index is -3.28. The first-order valence-electron chi connectivity index (χ1n) is 12.0. The average molecular weight is 560 g/mol. The Bertz CT molecular complexity index is 1410. The van der Waals surface area contributed by atoms with E-state index in [0.29, 0.717) is 29.0 Å². The van der Waals surface area contributed by atoms with Crippen LogP contribution in [0.1, 0.15) is 24.0 Å². The molecule has 3 aromatic rings. The molecule has 1 aliphatic rings. The summed E-state index contributed by atoms with van der Waals surface area (Å²) < 4.78 is 26.8. The second-order valence-corrected chi connectivity index (χ2v) is 11.2. The van der Waals surface area contributed by atoms with Gasteiger partial charge in [-0.1, -0.05) is 35.9 Å². The predicted molar refractivity (Wildman–Crippen MR) is 147 cm³/mol. The number of benzene rings is 1. The normalized spacial score (nSPS) is 15.8. The molecule has 14 heteroatoms. The highest BCUT2D eigenvalue weighted by Gasteiger charge is 2.27. The zero-order valence-corrected chi connectivity index (χ0v) is 22.7. The van der Waals surface area contributed by atoms with Gasteiger partial charge in [0, 0.05) is 39.1 Å². The van der Waals surface area contributed by atoms with E-state index in [1.54, 1.807) is 24.1 Å². The standard InChI is InChI=1S/C24H30ClN9O3S/c1-26-13-20-7-4-8-34(20)22(35)16-33-15-19(12-29-33)31-24-28-14-21(25)23(32-24)27-10-17-5-3-6-18(9-17)11-30-38(2,36)37/h3,5-6,9,12-15,20,30H,4,7-8,10-11,16H2,1-2H3,(H2,27,28,31,32)/b26-13+/t20-/m1/s1. The van der Waals surface area contributed by atoms with Gasteiger partial charge < -0.3 is 15.5 Å². The minimum absolute atomic E-state index is 0.00699. The first-order valence-corrected chi connectivity index (χ1v) is 14.3. The highest BCUT2D eigenvalue weighted by atomic mass is 35.5. The van der Waals surface area contributed by atoms with Crippen LogP contribution in [-0.2, 0) is 34.5 Å². The molecule has 0 unspecified atom stereocenters. The van der Waals surface area contributed by atoms with Crippen molar-refractivity contribution in [2.24, 2.45) is 4.99 Å². The highest BCUT2D eigenvalue weighted by Crippen LogP contribution is 2.22. The van der Waals surface area contributed by atoms with Crippen LogP contribution in [0.2, 0.25) is 5.02 Å². The van der Waals surface area contributed by atoms with E-state index in [-0.39, 0.29) is 25.0 Å². The molecule has 4 rings (SSSR count).